The lowest BCUT2D eigenvalue weighted by Crippen LogP contribution is -2.13. The molecule has 0 saturated heterocycles. The summed E-state index contributed by atoms with van der Waals surface area (Å²) in [4.78, 5) is 21.6. The van der Waals surface area contributed by atoms with Crippen LogP contribution in [0.25, 0.3) is 11.1 Å². The van der Waals surface area contributed by atoms with E-state index >= 15 is 0 Å². The van der Waals surface area contributed by atoms with Crippen LogP contribution in [0.15, 0.2) is 79.1 Å². The second-order valence-corrected chi connectivity index (χ2v) is 7.64. The Labute approximate surface area is 182 Å². The normalized spacial score (nSPS) is 10.5. The van der Waals surface area contributed by atoms with Crippen LogP contribution >= 0.6 is 0 Å². The minimum Gasteiger partial charge on any atom is -0.324 e. The maximum atomic E-state index is 12.7. The van der Waals surface area contributed by atoms with Gasteiger partial charge in [0.1, 0.15) is 0 Å². The Kier molecular flexibility index (Phi) is 5.76. The fourth-order valence-electron chi connectivity index (χ4n) is 3.38. The zero-order valence-corrected chi connectivity index (χ0v) is 17.8. The molecule has 0 aliphatic rings. The summed E-state index contributed by atoms with van der Waals surface area (Å²) in [6.07, 6.45) is 3.58. The summed E-state index contributed by atoms with van der Waals surface area (Å²) in [6.45, 7) is 6.07. The van der Waals surface area contributed by atoms with Gasteiger partial charge in [0, 0.05) is 34.9 Å². The van der Waals surface area contributed by atoms with Crippen molar-refractivity contribution in [2.75, 3.05) is 10.6 Å². The molecule has 0 radical (unpaired) electrons. The lowest BCUT2D eigenvalue weighted by Gasteiger charge is -2.11. The number of nitrogens with one attached hydrogen (secondary N) is 2. The van der Waals surface area contributed by atoms with Gasteiger partial charge in [0.2, 0.25) is 5.95 Å². The highest BCUT2D eigenvalue weighted by atomic mass is 16.1. The molecule has 0 atom stereocenters. The smallest absolute Gasteiger partial charge is 0.255 e. The van der Waals surface area contributed by atoms with E-state index in [-0.39, 0.29) is 5.91 Å². The number of hydrogen-bond acceptors (Lipinski definition) is 4. The highest BCUT2D eigenvalue weighted by Gasteiger charge is 2.09. The van der Waals surface area contributed by atoms with Crippen LogP contribution in [0.1, 0.15) is 27.0 Å². The summed E-state index contributed by atoms with van der Waals surface area (Å²) in [5.74, 6) is 0.314. The average molecular weight is 409 g/mol. The van der Waals surface area contributed by atoms with Crippen LogP contribution in [0.3, 0.4) is 0 Å². The van der Waals surface area contributed by atoms with Gasteiger partial charge in [-0.15, -0.1) is 0 Å². The summed E-state index contributed by atoms with van der Waals surface area (Å²) >= 11 is 0. The first-order valence-corrected chi connectivity index (χ1v) is 10.1. The maximum absolute atomic E-state index is 12.7. The van der Waals surface area contributed by atoms with Crippen molar-refractivity contribution in [3.05, 3.63) is 101 Å². The Morgan fingerprint density at radius 3 is 2.26 bits per heavy atom. The van der Waals surface area contributed by atoms with E-state index in [2.05, 4.69) is 39.7 Å². The Bertz CT molecular complexity index is 1230. The monoisotopic (exact) mass is 408 g/mol. The highest BCUT2D eigenvalue weighted by Crippen LogP contribution is 2.22. The molecule has 0 spiro atoms. The van der Waals surface area contributed by atoms with Gasteiger partial charge < -0.3 is 10.6 Å². The standard InChI is InChI=1S/C26H24N4O/c1-17-6-4-7-20(13-17)22-15-27-26(28-16-22)29-23-9-5-8-21(14-23)25(31)30-24-11-10-18(2)12-19(24)3/h4-16H,1-3H3,(H,30,31)(H,27,28,29). The van der Waals surface area contributed by atoms with Gasteiger partial charge in [0.05, 0.1) is 0 Å². The number of aromatic nitrogens is 2. The van der Waals surface area contributed by atoms with Gasteiger partial charge in [-0.1, -0.05) is 53.6 Å². The number of benzene rings is 3. The van der Waals surface area contributed by atoms with Crippen LogP contribution in [-0.4, -0.2) is 15.9 Å². The van der Waals surface area contributed by atoms with Gasteiger partial charge in [-0.05, 0) is 56.2 Å². The van der Waals surface area contributed by atoms with E-state index in [0.29, 0.717) is 11.5 Å². The van der Waals surface area contributed by atoms with Crippen LogP contribution in [0, 0.1) is 20.8 Å². The molecule has 0 fully saturated rings. The van der Waals surface area contributed by atoms with Crippen molar-refractivity contribution in [1.29, 1.82) is 0 Å². The van der Waals surface area contributed by atoms with Crippen molar-refractivity contribution in [1.82, 2.24) is 9.97 Å². The number of amides is 1. The van der Waals surface area contributed by atoms with E-state index in [4.69, 9.17) is 0 Å². The van der Waals surface area contributed by atoms with Crippen LogP contribution in [0.5, 0.6) is 0 Å². The van der Waals surface area contributed by atoms with Gasteiger partial charge >= 0.3 is 0 Å². The summed E-state index contributed by atoms with van der Waals surface area (Å²) in [6, 6.07) is 21.5. The molecule has 1 heterocycles. The summed E-state index contributed by atoms with van der Waals surface area (Å²) in [5.41, 5.74) is 7.53. The number of rotatable bonds is 5. The second-order valence-electron chi connectivity index (χ2n) is 7.64. The molecule has 0 aliphatic heterocycles. The molecule has 0 bridgehead atoms. The maximum Gasteiger partial charge on any atom is 0.255 e. The van der Waals surface area contributed by atoms with E-state index in [1.54, 1.807) is 24.5 Å². The summed E-state index contributed by atoms with van der Waals surface area (Å²) < 4.78 is 0. The number of aryl methyl sites for hydroxylation is 3. The van der Waals surface area contributed by atoms with Crippen LogP contribution in [0.2, 0.25) is 0 Å². The zero-order chi connectivity index (χ0) is 21.8. The van der Waals surface area contributed by atoms with Gasteiger partial charge in [0.15, 0.2) is 0 Å². The minimum absolute atomic E-state index is 0.161. The molecular formula is C26H24N4O. The van der Waals surface area contributed by atoms with Crippen molar-refractivity contribution in [3.63, 3.8) is 0 Å². The highest BCUT2D eigenvalue weighted by molar-refractivity contribution is 6.05. The first kappa shape index (κ1) is 20.3. The molecule has 154 valence electrons. The molecule has 0 saturated carbocycles. The summed E-state index contributed by atoms with van der Waals surface area (Å²) in [7, 11) is 0. The lowest BCUT2D eigenvalue weighted by molar-refractivity contribution is 0.102. The van der Waals surface area contributed by atoms with E-state index in [0.717, 1.165) is 33.6 Å². The van der Waals surface area contributed by atoms with Gasteiger partial charge in [-0.3, -0.25) is 4.79 Å². The quantitative estimate of drug-likeness (QED) is 0.421. The topological polar surface area (TPSA) is 66.9 Å². The molecule has 0 aliphatic carbocycles. The minimum atomic E-state index is -0.161. The molecule has 5 heteroatoms. The lowest BCUT2D eigenvalue weighted by atomic mass is 10.1. The Morgan fingerprint density at radius 1 is 0.774 bits per heavy atom. The Balaban J connectivity index is 1.47. The fraction of sp³-hybridized carbons (Fsp3) is 0.115. The first-order valence-electron chi connectivity index (χ1n) is 10.1. The van der Waals surface area contributed by atoms with Crippen molar-refractivity contribution in [2.45, 2.75) is 20.8 Å². The van der Waals surface area contributed by atoms with Crippen LogP contribution < -0.4 is 10.6 Å². The molecule has 4 aromatic rings. The fourth-order valence-corrected chi connectivity index (χ4v) is 3.38. The number of carbonyl (C=O) groups excluding carboxylic acids is 1. The molecule has 31 heavy (non-hydrogen) atoms. The van der Waals surface area contributed by atoms with Crippen LogP contribution in [0.4, 0.5) is 17.3 Å². The third-order valence-electron chi connectivity index (χ3n) is 5.01. The van der Waals surface area contributed by atoms with Crippen molar-refractivity contribution in [2.24, 2.45) is 0 Å². The molecule has 5 nitrogen and oxygen atoms in total. The van der Waals surface area contributed by atoms with E-state index < -0.39 is 0 Å². The Morgan fingerprint density at radius 2 is 1.52 bits per heavy atom. The van der Waals surface area contributed by atoms with Crippen molar-refractivity contribution in [3.8, 4) is 11.1 Å². The molecule has 1 amide bonds. The third kappa shape index (κ3) is 4.95. The zero-order valence-electron chi connectivity index (χ0n) is 17.8. The predicted molar refractivity (Wildman–Crippen MR) is 126 cm³/mol. The van der Waals surface area contributed by atoms with Gasteiger partial charge in [-0.2, -0.15) is 0 Å². The second kappa shape index (κ2) is 8.79. The van der Waals surface area contributed by atoms with E-state index in [1.165, 1.54) is 5.56 Å². The predicted octanol–water partition coefficient (Wildman–Crippen LogP) is 6.06. The SMILES string of the molecule is Cc1cccc(-c2cnc(Nc3cccc(C(=O)Nc4ccc(C)cc4C)c3)nc2)c1. The van der Waals surface area contributed by atoms with Gasteiger partial charge in [0.25, 0.3) is 5.91 Å². The molecule has 1 aromatic heterocycles. The molecule has 0 unspecified atom stereocenters. The molecule has 3 aromatic carbocycles. The number of carbonyl (C=O) groups is 1. The number of nitrogens with zero attached hydrogens (tertiary/aromatic N) is 2. The number of anilines is 3. The van der Waals surface area contributed by atoms with Gasteiger partial charge in [-0.25, -0.2) is 9.97 Å². The molecule has 2 N–H and O–H groups in total. The largest absolute Gasteiger partial charge is 0.324 e. The summed E-state index contributed by atoms with van der Waals surface area (Å²) in [5, 5.41) is 6.15. The van der Waals surface area contributed by atoms with Crippen molar-refractivity contribution < 1.29 is 4.79 Å². The van der Waals surface area contributed by atoms with Crippen LogP contribution in [-0.2, 0) is 0 Å². The third-order valence-corrected chi connectivity index (χ3v) is 5.01. The van der Waals surface area contributed by atoms with E-state index in [1.807, 2.05) is 56.3 Å². The van der Waals surface area contributed by atoms with E-state index in [9.17, 15) is 4.79 Å². The number of hydrogen-bond donors (Lipinski definition) is 2. The molecular weight excluding hydrogens is 384 g/mol. The Hall–Kier alpha value is -3.99. The first-order chi connectivity index (χ1) is 15.0. The average Bonchev–Trinajstić information content (AvgIpc) is 2.76. The van der Waals surface area contributed by atoms with Crippen molar-refractivity contribution >= 4 is 23.2 Å². The molecule has 4 rings (SSSR count).